The SMILES string of the molecule is CC1(C)CSC(c2cnn([Si](C)(C)C)c2)=N1. The Balaban J connectivity index is 2.27. The fourth-order valence-electron chi connectivity index (χ4n) is 1.53. The van der Waals surface area contributed by atoms with E-state index < -0.39 is 8.24 Å². The monoisotopic (exact) mass is 253 g/mol. The van der Waals surface area contributed by atoms with Crippen molar-refractivity contribution in [1.82, 2.24) is 9.45 Å². The maximum absolute atomic E-state index is 4.73. The molecule has 0 atom stereocenters. The summed E-state index contributed by atoms with van der Waals surface area (Å²) in [5, 5.41) is 5.61. The molecule has 2 heterocycles. The highest BCUT2D eigenvalue weighted by Gasteiger charge is 2.27. The molecule has 1 aliphatic rings. The zero-order valence-electron chi connectivity index (χ0n) is 10.6. The Morgan fingerprint density at radius 1 is 1.38 bits per heavy atom. The first-order valence-corrected chi connectivity index (χ1v) is 9.99. The molecule has 0 aliphatic carbocycles. The smallest absolute Gasteiger partial charge is 0.175 e. The van der Waals surface area contributed by atoms with Crippen molar-refractivity contribution in [2.24, 2.45) is 4.99 Å². The van der Waals surface area contributed by atoms with Gasteiger partial charge in [0, 0.05) is 17.5 Å². The number of aromatic nitrogens is 2. The molecule has 0 amide bonds. The number of hydrogen-bond acceptors (Lipinski definition) is 3. The van der Waals surface area contributed by atoms with Gasteiger partial charge in [0.2, 0.25) is 0 Å². The number of thioether (sulfide) groups is 1. The van der Waals surface area contributed by atoms with Crippen molar-refractivity contribution < 1.29 is 0 Å². The van der Waals surface area contributed by atoms with E-state index >= 15 is 0 Å². The summed E-state index contributed by atoms with van der Waals surface area (Å²) < 4.78 is 2.14. The quantitative estimate of drug-likeness (QED) is 0.759. The van der Waals surface area contributed by atoms with Crippen molar-refractivity contribution in [3.63, 3.8) is 0 Å². The summed E-state index contributed by atoms with van der Waals surface area (Å²) in [4.78, 5) is 4.73. The van der Waals surface area contributed by atoms with Crippen molar-refractivity contribution >= 4 is 25.0 Å². The molecule has 3 nitrogen and oxygen atoms in total. The molecule has 1 aliphatic heterocycles. The van der Waals surface area contributed by atoms with Gasteiger partial charge in [0.05, 0.1) is 11.7 Å². The van der Waals surface area contributed by atoms with Crippen LogP contribution >= 0.6 is 11.8 Å². The molecule has 0 radical (unpaired) electrons. The van der Waals surface area contributed by atoms with Gasteiger partial charge in [0.25, 0.3) is 0 Å². The zero-order valence-corrected chi connectivity index (χ0v) is 12.4. The lowest BCUT2D eigenvalue weighted by Crippen LogP contribution is -2.32. The van der Waals surface area contributed by atoms with Crippen LogP contribution in [0, 0.1) is 0 Å². The van der Waals surface area contributed by atoms with Gasteiger partial charge in [-0.05, 0) is 33.5 Å². The molecule has 2 rings (SSSR count). The van der Waals surface area contributed by atoms with Gasteiger partial charge < -0.3 is 4.35 Å². The lowest BCUT2D eigenvalue weighted by molar-refractivity contribution is 0.605. The van der Waals surface area contributed by atoms with Crippen molar-refractivity contribution in [2.75, 3.05) is 5.75 Å². The van der Waals surface area contributed by atoms with E-state index in [4.69, 9.17) is 4.99 Å². The Hall–Kier alpha value is -0.553. The average Bonchev–Trinajstić information content (AvgIpc) is 2.68. The molecule has 0 spiro atoms. The predicted octanol–water partition coefficient (Wildman–Crippen LogP) is 2.84. The van der Waals surface area contributed by atoms with Crippen LogP contribution in [0.5, 0.6) is 0 Å². The molecule has 0 saturated carbocycles. The minimum Gasteiger partial charge on any atom is -0.301 e. The van der Waals surface area contributed by atoms with E-state index in [1.54, 1.807) is 0 Å². The van der Waals surface area contributed by atoms with E-state index in [-0.39, 0.29) is 5.54 Å². The van der Waals surface area contributed by atoms with Crippen molar-refractivity contribution in [3.8, 4) is 0 Å². The molecule has 0 N–H and O–H groups in total. The Morgan fingerprint density at radius 3 is 2.50 bits per heavy atom. The third-order valence-electron chi connectivity index (χ3n) is 2.48. The molecule has 16 heavy (non-hydrogen) atoms. The van der Waals surface area contributed by atoms with Crippen LogP contribution in [-0.4, -0.2) is 34.0 Å². The average molecular weight is 253 g/mol. The lowest BCUT2D eigenvalue weighted by atomic mass is 10.1. The van der Waals surface area contributed by atoms with Crippen LogP contribution in [0.25, 0.3) is 0 Å². The van der Waals surface area contributed by atoms with E-state index in [1.807, 2.05) is 18.0 Å². The summed E-state index contributed by atoms with van der Waals surface area (Å²) in [6, 6.07) is 0. The second-order valence-corrected chi connectivity index (χ2v) is 11.6. The van der Waals surface area contributed by atoms with Gasteiger partial charge >= 0.3 is 0 Å². The fraction of sp³-hybridized carbons (Fsp3) is 0.636. The highest BCUT2D eigenvalue weighted by Crippen LogP contribution is 2.30. The van der Waals surface area contributed by atoms with Crippen LogP contribution in [-0.2, 0) is 0 Å². The number of hydrogen-bond donors (Lipinski definition) is 0. The molecule has 0 aromatic carbocycles. The molecule has 0 saturated heterocycles. The van der Waals surface area contributed by atoms with E-state index in [0.29, 0.717) is 0 Å². The summed E-state index contributed by atoms with van der Waals surface area (Å²) in [7, 11) is -1.36. The first-order chi connectivity index (χ1) is 7.28. The van der Waals surface area contributed by atoms with Crippen LogP contribution in [0.3, 0.4) is 0 Å². The summed E-state index contributed by atoms with van der Waals surface area (Å²) >= 11 is 1.84. The van der Waals surface area contributed by atoms with E-state index in [0.717, 1.165) is 10.8 Å². The largest absolute Gasteiger partial charge is 0.301 e. The summed E-state index contributed by atoms with van der Waals surface area (Å²) in [5.41, 5.74) is 1.26. The maximum atomic E-state index is 4.73. The lowest BCUT2D eigenvalue weighted by Gasteiger charge is -2.15. The standard InChI is InChI=1S/C11H19N3SSi/c1-11(2)8-15-10(13-11)9-6-12-14(7-9)16(3,4)5/h6-7H,8H2,1-5H3. The molecule has 88 valence electrons. The van der Waals surface area contributed by atoms with Gasteiger partial charge in [0.1, 0.15) is 5.04 Å². The third-order valence-corrected chi connectivity index (χ3v) is 5.55. The first-order valence-electron chi connectivity index (χ1n) is 5.56. The Bertz CT molecular complexity index is 429. The first kappa shape index (κ1) is 11.9. The van der Waals surface area contributed by atoms with Gasteiger partial charge in [-0.15, -0.1) is 11.8 Å². The zero-order chi connectivity index (χ0) is 12.0. The van der Waals surface area contributed by atoms with Crippen LogP contribution in [0.15, 0.2) is 17.4 Å². The Kier molecular flexibility index (Phi) is 2.78. The summed E-state index contributed by atoms with van der Waals surface area (Å²) in [6.07, 6.45) is 4.10. The van der Waals surface area contributed by atoms with Gasteiger partial charge in [0.15, 0.2) is 8.24 Å². The van der Waals surface area contributed by atoms with E-state index in [9.17, 15) is 0 Å². The van der Waals surface area contributed by atoms with Crippen molar-refractivity contribution in [3.05, 3.63) is 18.0 Å². The third kappa shape index (κ3) is 2.40. The molecule has 0 unspecified atom stereocenters. The van der Waals surface area contributed by atoms with Crippen molar-refractivity contribution in [2.45, 2.75) is 39.0 Å². The molecule has 1 aromatic rings. The van der Waals surface area contributed by atoms with E-state index in [2.05, 4.69) is 49.1 Å². The second-order valence-electron chi connectivity index (χ2n) is 5.86. The minimum absolute atomic E-state index is 0.0846. The number of nitrogens with zero attached hydrogens (tertiary/aromatic N) is 3. The number of rotatable bonds is 2. The summed E-state index contributed by atoms with van der Waals surface area (Å²) in [5.74, 6) is 1.07. The minimum atomic E-state index is -1.36. The van der Waals surface area contributed by atoms with Crippen LogP contribution in [0.2, 0.25) is 19.6 Å². The predicted molar refractivity (Wildman–Crippen MR) is 74.0 cm³/mol. The Morgan fingerprint density at radius 2 is 2.06 bits per heavy atom. The van der Waals surface area contributed by atoms with Crippen molar-refractivity contribution in [1.29, 1.82) is 0 Å². The van der Waals surface area contributed by atoms with Gasteiger partial charge in [-0.25, -0.2) is 0 Å². The maximum Gasteiger partial charge on any atom is 0.175 e. The normalized spacial score (nSPS) is 19.9. The highest BCUT2D eigenvalue weighted by molar-refractivity contribution is 8.14. The fourth-order valence-corrected chi connectivity index (χ4v) is 3.60. The number of aliphatic imine (C=N–C) groups is 1. The van der Waals surface area contributed by atoms with E-state index in [1.165, 1.54) is 5.56 Å². The molecule has 0 fully saturated rings. The molecule has 1 aromatic heterocycles. The molecule has 0 bridgehead atoms. The second kappa shape index (κ2) is 3.73. The summed E-state index contributed by atoms with van der Waals surface area (Å²) in [6.45, 7) is 11.2. The Labute approximate surface area is 102 Å². The van der Waals surface area contributed by atoms with Gasteiger partial charge in [-0.2, -0.15) is 5.10 Å². The topological polar surface area (TPSA) is 30.2 Å². The van der Waals surface area contributed by atoms with Crippen LogP contribution in [0.1, 0.15) is 19.4 Å². The van der Waals surface area contributed by atoms with Crippen LogP contribution < -0.4 is 0 Å². The molecule has 5 heteroatoms. The van der Waals surface area contributed by atoms with Gasteiger partial charge in [-0.3, -0.25) is 4.99 Å². The molecular formula is C11H19N3SSi. The molecular weight excluding hydrogens is 234 g/mol. The van der Waals surface area contributed by atoms with Crippen LogP contribution in [0.4, 0.5) is 0 Å². The van der Waals surface area contributed by atoms with Gasteiger partial charge in [-0.1, -0.05) is 0 Å². The highest BCUT2D eigenvalue weighted by atomic mass is 32.2.